The Bertz CT molecular complexity index is 872. The summed E-state index contributed by atoms with van der Waals surface area (Å²) in [7, 11) is 0. The summed E-state index contributed by atoms with van der Waals surface area (Å²) in [5.41, 5.74) is 2.39. The molecule has 26 heavy (non-hydrogen) atoms. The fourth-order valence-electron chi connectivity index (χ4n) is 2.70. The van der Waals surface area contributed by atoms with Crippen molar-refractivity contribution in [1.82, 2.24) is 9.55 Å². The highest BCUT2D eigenvalue weighted by Gasteiger charge is 2.19. The SMILES string of the molecule is O=C(Nc1ccc(OC2COC2)cc1)c1cccc(Cn2ccnc2)c1. The monoisotopic (exact) mass is 349 g/mol. The maximum Gasteiger partial charge on any atom is 0.255 e. The molecule has 6 heteroatoms. The minimum absolute atomic E-state index is 0.133. The predicted molar refractivity (Wildman–Crippen MR) is 97.4 cm³/mol. The van der Waals surface area contributed by atoms with Crippen LogP contribution in [0, 0.1) is 0 Å². The molecule has 1 aliphatic heterocycles. The number of imidazole rings is 1. The van der Waals surface area contributed by atoms with Gasteiger partial charge in [0.1, 0.15) is 11.9 Å². The van der Waals surface area contributed by atoms with E-state index in [0.717, 1.165) is 17.0 Å². The van der Waals surface area contributed by atoms with Crippen LogP contribution < -0.4 is 10.1 Å². The molecule has 1 N–H and O–H groups in total. The first-order valence-corrected chi connectivity index (χ1v) is 8.47. The first-order valence-electron chi connectivity index (χ1n) is 8.47. The summed E-state index contributed by atoms with van der Waals surface area (Å²) in [5, 5.41) is 2.91. The van der Waals surface area contributed by atoms with Crippen molar-refractivity contribution >= 4 is 11.6 Å². The Morgan fingerprint density at radius 3 is 2.77 bits per heavy atom. The number of carbonyl (C=O) groups is 1. The van der Waals surface area contributed by atoms with Crippen molar-refractivity contribution in [3.8, 4) is 5.75 Å². The standard InChI is InChI=1S/C20H19N3O3/c24-20(16-3-1-2-15(10-16)11-23-9-8-21-14-23)22-17-4-6-18(7-5-17)26-19-12-25-13-19/h1-10,14,19H,11-13H2,(H,22,24). The van der Waals surface area contributed by atoms with Gasteiger partial charge in [0.25, 0.3) is 5.91 Å². The summed E-state index contributed by atoms with van der Waals surface area (Å²) in [4.78, 5) is 16.5. The molecular formula is C20H19N3O3. The first-order chi connectivity index (χ1) is 12.8. The van der Waals surface area contributed by atoms with E-state index in [1.54, 1.807) is 18.6 Å². The molecule has 0 atom stereocenters. The zero-order valence-electron chi connectivity index (χ0n) is 14.2. The van der Waals surface area contributed by atoms with Gasteiger partial charge >= 0.3 is 0 Å². The summed E-state index contributed by atoms with van der Waals surface area (Å²) in [6.07, 6.45) is 5.52. The second-order valence-corrected chi connectivity index (χ2v) is 6.19. The summed E-state index contributed by atoms with van der Waals surface area (Å²) in [6.45, 7) is 1.94. The molecule has 1 aromatic heterocycles. The van der Waals surface area contributed by atoms with E-state index in [1.165, 1.54) is 0 Å². The molecule has 0 radical (unpaired) electrons. The number of ether oxygens (including phenoxy) is 2. The number of anilines is 1. The lowest BCUT2D eigenvalue weighted by Gasteiger charge is -2.26. The van der Waals surface area contributed by atoms with Gasteiger partial charge in [-0.2, -0.15) is 0 Å². The molecule has 1 amide bonds. The number of aromatic nitrogens is 2. The Balaban J connectivity index is 1.39. The lowest BCUT2D eigenvalue weighted by Crippen LogP contribution is -2.38. The molecule has 0 aliphatic carbocycles. The average Bonchev–Trinajstić information content (AvgIpc) is 3.13. The van der Waals surface area contributed by atoms with E-state index in [0.29, 0.717) is 25.3 Å². The van der Waals surface area contributed by atoms with E-state index >= 15 is 0 Å². The molecule has 0 saturated carbocycles. The van der Waals surface area contributed by atoms with Gasteiger partial charge in [-0.25, -0.2) is 4.98 Å². The number of hydrogen-bond acceptors (Lipinski definition) is 4. The van der Waals surface area contributed by atoms with Crippen LogP contribution in [0.15, 0.2) is 67.3 Å². The molecular weight excluding hydrogens is 330 g/mol. The van der Waals surface area contributed by atoms with Crippen LogP contribution in [-0.2, 0) is 11.3 Å². The van der Waals surface area contributed by atoms with Crippen LogP contribution in [0.2, 0.25) is 0 Å². The Labute approximate surface area is 151 Å². The highest BCUT2D eigenvalue weighted by atomic mass is 16.6. The van der Waals surface area contributed by atoms with Crippen LogP contribution in [0.25, 0.3) is 0 Å². The summed E-state index contributed by atoms with van der Waals surface area (Å²) in [6, 6.07) is 15.0. The molecule has 0 unspecified atom stereocenters. The summed E-state index contributed by atoms with van der Waals surface area (Å²) in [5.74, 6) is 0.636. The number of amides is 1. The van der Waals surface area contributed by atoms with E-state index < -0.39 is 0 Å². The van der Waals surface area contributed by atoms with Crippen LogP contribution in [0.3, 0.4) is 0 Å². The molecule has 1 saturated heterocycles. The van der Waals surface area contributed by atoms with Gasteiger partial charge in [0.2, 0.25) is 0 Å². The van der Waals surface area contributed by atoms with Crippen molar-refractivity contribution in [3.05, 3.63) is 78.4 Å². The molecule has 6 nitrogen and oxygen atoms in total. The van der Waals surface area contributed by atoms with Crippen LogP contribution in [-0.4, -0.2) is 34.8 Å². The van der Waals surface area contributed by atoms with Gasteiger partial charge in [0.05, 0.1) is 19.5 Å². The van der Waals surface area contributed by atoms with Gasteiger partial charge in [-0.15, -0.1) is 0 Å². The number of benzene rings is 2. The Morgan fingerprint density at radius 1 is 1.23 bits per heavy atom. The van der Waals surface area contributed by atoms with E-state index in [4.69, 9.17) is 9.47 Å². The number of hydrogen-bond donors (Lipinski definition) is 1. The molecule has 1 fully saturated rings. The highest BCUT2D eigenvalue weighted by molar-refractivity contribution is 6.04. The second-order valence-electron chi connectivity index (χ2n) is 6.19. The van der Waals surface area contributed by atoms with Gasteiger partial charge in [-0.05, 0) is 42.0 Å². The second kappa shape index (κ2) is 7.41. The minimum Gasteiger partial charge on any atom is -0.486 e. The third kappa shape index (κ3) is 3.92. The first kappa shape index (κ1) is 16.4. The Kier molecular flexibility index (Phi) is 4.66. The van der Waals surface area contributed by atoms with Gasteiger partial charge in [0.15, 0.2) is 0 Å². The van der Waals surface area contributed by atoms with Crippen molar-refractivity contribution in [2.45, 2.75) is 12.6 Å². The number of carbonyl (C=O) groups excluding carboxylic acids is 1. The average molecular weight is 349 g/mol. The lowest BCUT2D eigenvalue weighted by molar-refractivity contribution is -0.0796. The molecule has 132 valence electrons. The third-order valence-corrected chi connectivity index (χ3v) is 4.14. The van der Waals surface area contributed by atoms with E-state index in [1.807, 2.05) is 53.2 Å². The van der Waals surface area contributed by atoms with Crippen LogP contribution in [0.5, 0.6) is 5.75 Å². The molecule has 2 aromatic carbocycles. The van der Waals surface area contributed by atoms with Crippen LogP contribution in [0.4, 0.5) is 5.69 Å². The predicted octanol–water partition coefficient (Wildman–Crippen LogP) is 2.96. The number of nitrogens with zero attached hydrogens (tertiary/aromatic N) is 2. The van der Waals surface area contributed by atoms with Crippen molar-refractivity contribution in [2.24, 2.45) is 0 Å². The normalized spacial score (nSPS) is 13.8. The molecule has 0 bridgehead atoms. The molecule has 2 heterocycles. The molecule has 4 rings (SSSR count). The van der Waals surface area contributed by atoms with Gasteiger partial charge in [0, 0.05) is 30.2 Å². The smallest absolute Gasteiger partial charge is 0.255 e. The third-order valence-electron chi connectivity index (χ3n) is 4.14. The molecule has 1 aliphatic rings. The maximum absolute atomic E-state index is 12.5. The zero-order valence-corrected chi connectivity index (χ0v) is 14.2. The molecule has 3 aromatic rings. The highest BCUT2D eigenvalue weighted by Crippen LogP contribution is 2.20. The Hall–Kier alpha value is -3.12. The van der Waals surface area contributed by atoms with Crippen molar-refractivity contribution in [2.75, 3.05) is 18.5 Å². The van der Waals surface area contributed by atoms with Gasteiger partial charge in [-0.1, -0.05) is 12.1 Å². The van der Waals surface area contributed by atoms with Crippen LogP contribution in [0.1, 0.15) is 15.9 Å². The van der Waals surface area contributed by atoms with E-state index in [9.17, 15) is 4.79 Å². The van der Waals surface area contributed by atoms with Gasteiger partial charge in [-0.3, -0.25) is 4.79 Å². The van der Waals surface area contributed by atoms with E-state index in [-0.39, 0.29) is 12.0 Å². The quantitative estimate of drug-likeness (QED) is 0.743. The van der Waals surface area contributed by atoms with Gasteiger partial charge < -0.3 is 19.4 Å². The number of rotatable bonds is 6. The maximum atomic E-state index is 12.5. The minimum atomic E-state index is -0.140. The van der Waals surface area contributed by atoms with Crippen LogP contribution >= 0.6 is 0 Å². The van der Waals surface area contributed by atoms with Crippen molar-refractivity contribution < 1.29 is 14.3 Å². The summed E-state index contributed by atoms with van der Waals surface area (Å²) >= 11 is 0. The van der Waals surface area contributed by atoms with E-state index in [2.05, 4.69) is 10.3 Å². The van der Waals surface area contributed by atoms with Crippen molar-refractivity contribution in [1.29, 1.82) is 0 Å². The van der Waals surface area contributed by atoms with Crippen molar-refractivity contribution in [3.63, 3.8) is 0 Å². The zero-order chi connectivity index (χ0) is 17.8. The topological polar surface area (TPSA) is 65.4 Å². The largest absolute Gasteiger partial charge is 0.486 e. The summed E-state index contributed by atoms with van der Waals surface area (Å²) < 4.78 is 12.8. The Morgan fingerprint density at radius 2 is 2.08 bits per heavy atom. The lowest BCUT2D eigenvalue weighted by atomic mass is 10.1. The fraction of sp³-hybridized carbons (Fsp3) is 0.200. The number of nitrogens with one attached hydrogen (secondary N) is 1. The fourth-order valence-corrected chi connectivity index (χ4v) is 2.70. The molecule has 0 spiro atoms.